The molecule has 3 heterocycles. The van der Waals surface area contributed by atoms with Gasteiger partial charge in [-0.1, -0.05) is 56.7 Å². The van der Waals surface area contributed by atoms with E-state index >= 15 is 0 Å². The summed E-state index contributed by atoms with van der Waals surface area (Å²) in [7, 11) is 0. The highest BCUT2D eigenvalue weighted by atomic mass is 16.5. The summed E-state index contributed by atoms with van der Waals surface area (Å²) in [6.07, 6.45) is 13.8. The second-order valence-electron chi connectivity index (χ2n) is 11.9. The van der Waals surface area contributed by atoms with Gasteiger partial charge in [0, 0.05) is 17.8 Å². The Morgan fingerprint density at radius 1 is 0.919 bits per heavy atom. The minimum absolute atomic E-state index is 0.0162. The minimum atomic E-state index is -1.08. The monoisotopic (exact) mass is 505 g/mol. The molecule has 3 amide bonds. The van der Waals surface area contributed by atoms with Gasteiger partial charge < -0.3 is 20.3 Å². The van der Waals surface area contributed by atoms with Gasteiger partial charge in [0.15, 0.2) is 0 Å². The molecule has 3 aliphatic heterocycles. The van der Waals surface area contributed by atoms with Crippen LogP contribution in [0.25, 0.3) is 0 Å². The predicted molar refractivity (Wildman–Crippen MR) is 141 cm³/mol. The molecule has 2 N–H and O–H groups in total. The lowest BCUT2D eigenvalue weighted by molar-refractivity contribution is -0.144. The van der Waals surface area contributed by atoms with Gasteiger partial charge in [-0.3, -0.25) is 14.4 Å². The molecule has 37 heavy (non-hydrogen) atoms. The van der Waals surface area contributed by atoms with Crippen LogP contribution in [-0.2, 0) is 19.1 Å². The topological polar surface area (TPSA) is 87.7 Å². The average molecular weight is 506 g/mol. The quantitative estimate of drug-likeness (QED) is 0.588. The highest BCUT2D eigenvalue weighted by Crippen LogP contribution is 2.56. The van der Waals surface area contributed by atoms with Gasteiger partial charge in [0.05, 0.1) is 17.9 Å². The SMILES string of the molecule is Cc1cc(C)cc(NC(=O)[C@H]2[C@@H]3C=C[C@]4(O3)[C@@H]2C(=O)N(C2CCCCC2)[C@@H]4C(=O)NC2CCCCC2)c1. The molecule has 7 nitrogen and oxygen atoms in total. The van der Waals surface area contributed by atoms with Crippen molar-refractivity contribution in [3.8, 4) is 0 Å². The first kappa shape index (κ1) is 24.7. The first-order valence-electron chi connectivity index (χ1n) is 14.3. The summed E-state index contributed by atoms with van der Waals surface area (Å²) in [5.74, 6) is -1.76. The van der Waals surface area contributed by atoms with E-state index < -0.39 is 29.6 Å². The number of nitrogens with zero attached hydrogens (tertiary/aromatic N) is 1. The first-order valence-corrected chi connectivity index (χ1v) is 14.3. The molecule has 1 aromatic rings. The van der Waals surface area contributed by atoms with Crippen molar-refractivity contribution in [3.63, 3.8) is 0 Å². The third-order valence-corrected chi connectivity index (χ3v) is 9.27. The molecular formula is C30H39N3O4. The van der Waals surface area contributed by atoms with E-state index in [-0.39, 0.29) is 29.8 Å². The molecule has 0 unspecified atom stereocenters. The summed E-state index contributed by atoms with van der Waals surface area (Å²) in [6.45, 7) is 4.00. The normalized spacial score (nSPS) is 33.6. The molecule has 5 aliphatic rings. The molecule has 2 aliphatic carbocycles. The second-order valence-corrected chi connectivity index (χ2v) is 11.9. The molecule has 1 spiro atoms. The Morgan fingerprint density at radius 2 is 1.57 bits per heavy atom. The number of hydrogen-bond donors (Lipinski definition) is 2. The minimum Gasteiger partial charge on any atom is -0.359 e. The van der Waals surface area contributed by atoms with Gasteiger partial charge in [-0.25, -0.2) is 0 Å². The number of benzene rings is 1. The Balaban J connectivity index is 1.32. The van der Waals surface area contributed by atoms with E-state index in [0.29, 0.717) is 0 Å². The van der Waals surface area contributed by atoms with Gasteiger partial charge >= 0.3 is 0 Å². The van der Waals surface area contributed by atoms with E-state index in [1.807, 2.05) is 43.0 Å². The van der Waals surface area contributed by atoms with Crippen LogP contribution in [0.5, 0.6) is 0 Å². The van der Waals surface area contributed by atoms with Crippen molar-refractivity contribution >= 4 is 23.4 Å². The molecule has 7 heteroatoms. The van der Waals surface area contributed by atoms with E-state index in [4.69, 9.17) is 4.74 Å². The lowest BCUT2D eigenvalue weighted by Gasteiger charge is -2.39. The molecule has 0 aromatic heterocycles. The first-order chi connectivity index (χ1) is 17.9. The number of nitrogens with one attached hydrogen (secondary N) is 2. The van der Waals surface area contributed by atoms with Gasteiger partial charge in [0.25, 0.3) is 0 Å². The number of rotatable bonds is 5. The molecule has 5 atom stereocenters. The van der Waals surface area contributed by atoms with E-state index in [1.165, 1.54) is 6.42 Å². The predicted octanol–water partition coefficient (Wildman–Crippen LogP) is 4.17. The number of hydrogen-bond acceptors (Lipinski definition) is 4. The Labute approximate surface area is 219 Å². The number of likely N-dealkylation sites (tertiary alicyclic amines) is 1. The van der Waals surface area contributed by atoms with Crippen LogP contribution in [0.3, 0.4) is 0 Å². The Hall–Kier alpha value is -2.67. The highest BCUT2D eigenvalue weighted by Gasteiger charge is 2.73. The maximum atomic E-state index is 14.2. The fourth-order valence-electron chi connectivity index (χ4n) is 7.76. The summed E-state index contributed by atoms with van der Waals surface area (Å²) in [5, 5.41) is 6.35. The number of anilines is 1. The van der Waals surface area contributed by atoms with Crippen LogP contribution in [0.15, 0.2) is 30.4 Å². The summed E-state index contributed by atoms with van der Waals surface area (Å²) in [5.41, 5.74) is 1.78. The Morgan fingerprint density at radius 3 is 2.24 bits per heavy atom. The van der Waals surface area contributed by atoms with E-state index in [0.717, 1.165) is 74.6 Å². The molecule has 6 rings (SSSR count). The van der Waals surface area contributed by atoms with E-state index in [1.54, 1.807) is 0 Å². The van der Waals surface area contributed by atoms with Gasteiger partial charge in [-0.05, 0) is 62.8 Å². The van der Waals surface area contributed by atoms with Crippen molar-refractivity contribution in [3.05, 3.63) is 41.5 Å². The molecule has 2 saturated heterocycles. The van der Waals surface area contributed by atoms with Crippen LogP contribution in [0, 0.1) is 25.7 Å². The van der Waals surface area contributed by atoms with E-state index in [9.17, 15) is 14.4 Å². The van der Waals surface area contributed by atoms with Crippen molar-refractivity contribution < 1.29 is 19.1 Å². The molecule has 2 saturated carbocycles. The fraction of sp³-hybridized carbons (Fsp3) is 0.633. The lowest BCUT2D eigenvalue weighted by atomic mass is 9.74. The van der Waals surface area contributed by atoms with Gasteiger partial charge in [0.1, 0.15) is 11.6 Å². The number of ether oxygens (including phenoxy) is 1. The van der Waals surface area contributed by atoms with Crippen molar-refractivity contribution in [2.24, 2.45) is 11.8 Å². The van der Waals surface area contributed by atoms with Gasteiger partial charge in [0.2, 0.25) is 17.7 Å². The van der Waals surface area contributed by atoms with E-state index in [2.05, 4.69) is 16.7 Å². The number of aryl methyl sites for hydroxylation is 2. The summed E-state index contributed by atoms with van der Waals surface area (Å²) >= 11 is 0. The van der Waals surface area contributed by atoms with Crippen LogP contribution >= 0.6 is 0 Å². The summed E-state index contributed by atoms with van der Waals surface area (Å²) in [4.78, 5) is 43.7. The largest absolute Gasteiger partial charge is 0.359 e. The maximum Gasteiger partial charge on any atom is 0.246 e. The van der Waals surface area contributed by atoms with Crippen LogP contribution < -0.4 is 10.6 Å². The zero-order valence-corrected chi connectivity index (χ0v) is 22.0. The van der Waals surface area contributed by atoms with Crippen LogP contribution in [0.2, 0.25) is 0 Å². The third kappa shape index (κ3) is 4.19. The number of carbonyl (C=O) groups is 3. The Kier molecular flexibility index (Phi) is 6.38. The average Bonchev–Trinajstić information content (AvgIpc) is 3.52. The zero-order valence-electron chi connectivity index (χ0n) is 22.0. The van der Waals surface area contributed by atoms with Crippen molar-refractivity contribution in [2.45, 2.75) is 108 Å². The van der Waals surface area contributed by atoms with Crippen molar-refractivity contribution in [1.29, 1.82) is 0 Å². The van der Waals surface area contributed by atoms with Gasteiger partial charge in [-0.2, -0.15) is 0 Å². The molecule has 198 valence electrons. The number of carbonyl (C=O) groups excluding carboxylic acids is 3. The van der Waals surface area contributed by atoms with Gasteiger partial charge in [-0.15, -0.1) is 0 Å². The highest BCUT2D eigenvalue weighted by molar-refractivity contribution is 6.03. The van der Waals surface area contributed by atoms with Crippen LogP contribution in [0.4, 0.5) is 5.69 Å². The standard InChI is InChI=1S/C30H39N3O4/c1-18-15-19(2)17-21(16-18)32-27(34)24-23-13-14-30(37-23)25(24)29(36)33(22-11-7-4-8-12-22)26(30)28(35)31-20-9-5-3-6-10-20/h13-17,20,22-26H,3-12H2,1-2H3,(H,31,35)(H,32,34)/t23-,24-,25-,26+,30-/m0/s1. The third-order valence-electron chi connectivity index (χ3n) is 9.27. The smallest absolute Gasteiger partial charge is 0.246 e. The molecule has 2 bridgehead atoms. The zero-order chi connectivity index (χ0) is 25.7. The lowest BCUT2D eigenvalue weighted by Crippen LogP contribution is -2.58. The molecule has 4 fully saturated rings. The molecule has 0 radical (unpaired) electrons. The maximum absolute atomic E-state index is 14.2. The molecular weight excluding hydrogens is 466 g/mol. The Bertz CT molecular complexity index is 1100. The summed E-state index contributed by atoms with van der Waals surface area (Å²) < 4.78 is 6.52. The fourth-order valence-corrected chi connectivity index (χ4v) is 7.76. The number of fused-ring (bicyclic) bond motifs is 1. The van der Waals surface area contributed by atoms with Crippen molar-refractivity contribution in [1.82, 2.24) is 10.2 Å². The molecule has 1 aromatic carbocycles. The van der Waals surface area contributed by atoms with Crippen molar-refractivity contribution in [2.75, 3.05) is 5.32 Å². The van der Waals surface area contributed by atoms with Crippen LogP contribution in [-0.4, -0.2) is 52.5 Å². The summed E-state index contributed by atoms with van der Waals surface area (Å²) in [6, 6.07) is 5.38. The second kappa shape index (κ2) is 9.57. The van der Waals surface area contributed by atoms with Crippen LogP contribution in [0.1, 0.15) is 75.3 Å². The number of amides is 3.